The average molecular weight is 284 g/mol. The van der Waals surface area contributed by atoms with Crippen molar-refractivity contribution in [2.75, 3.05) is 19.6 Å². The summed E-state index contributed by atoms with van der Waals surface area (Å²) in [4.78, 5) is 5.12. The molecule has 0 N–H and O–H groups in total. The minimum absolute atomic E-state index is 0.389. The van der Waals surface area contributed by atoms with Crippen molar-refractivity contribution in [3.8, 4) is 0 Å². The lowest BCUT2D eigenvalue weighted by Crippen LogP contribution is -2.43. The van der Waals surface area contributed by atoms with Crippen molar-refractivity contribution < 1.29 is 0 Å². The summed E-state index contributed by atoms with van der Waals surface area (Å²) in [5.74, 6) is 0. The highest BCUT2D eigenvalue weighted by Crippen LogP contribution is 2.47. The highest BCUT2D eigenvalue weighted by molar-refractivity contribution is 5.21. The summed E-state index contributed by atoms with van der Waals surface area (Å²) in [5.41, 5.74) is 3.19. The molecule has 1 spiro atoms. The molecule has 2 saturated heterocycles. The van der Waals surface area contributed by atoms with E-state index in [1.54, 1.807) is 0 Å². The maximum Gasteiger partial charge on any atom is 0.0426 e. The smallest absolute Gasteiger partial charge is 0.0426 e. The predicted octanol–water partition coefficient (Wildman–Crippen LogP) is 3.90. The summed E-state index contributed by atoms with van der Waals surface area (Å²) in [6, 6.07) is 11.5. The molecule has 1 aromatic carbocycles. The van der Waals surface area contributed by atoms with Crippen LogP contribution in [0.1, 0.15) is 38.7 Å². The predicted molar refractivity (Wildman–Crippen MR) is 89.0 cm³/mol. The Morgan fingerprint density at radius 2 is 1.67 bits per heavy atom. The summed E-state index contributed by atoms with van der Waals surface area (Å²) in [6.45, 7) is 13.8. The zero-order valence-electron chi connectivity index (χ0n) is 13.5. The molecule has 0 saturated carbocycles. The van der Waals surface area contributed by atoms with Crippen LogP contribution in [0.4, 0.5) is 0 Å². The van der Waals surface area contributed by atoms with E-state index >= 15 is 0 Å². The first-order chi connectivity index (χ1) is 10.1. The van der Waals surface area contributed by atoms with Crippen molar-refractivity contribution in [1.82, 2.24) is 9.80 Å². The minimum atomic E-state index is 0.389. The Balaban J connectivity index is 1.64. The molecular weight excluding hydrogens is 256 g/mol. The summed E-state index contributed by atoms with van der Waals surface area (Å²) in [5, 5.41) is 0. The van der Waals surface area contributed by atoms with Crippen LogP contribution in [0.3, 0.4) is 0 Å². The van der Waals surface area contributed by atoms with Crippen LogP contribution in [0.2, 0.25) is 0 Å². The van der Waals surface area contributed by atoms with Gasteiger partial charge in [-0.3, -0.25) is 0 Å². The fraction of sp³-hybridized carbons (Fsp3) is 0.579. The number of rotatable bonds is 3. The second-order valence-electron chi connectivity index (χ2n) is 7.01. The van der Waals surface area contributed by atoms with Gasteiger partial charge in [-0.25, -0.2) is 0 Å². The first kappa shape index (κ1) is 14.6. The Morgan fingerprint density at radius 1 is 1.05 bits per heavy atom. The van der Waals surface area contributed by atoms with Gasteiger partial charge in [-0.05, 0) is 51.8 Å². The van der Waals surface area contributed by atoms with Crippen molar-refractivity contribution in [2.45, 2.75) is 45.7 Å². The van der Waals surface area contributed by atoms with Crippen LogP contribution in [0.15, 0.2) is 42.6 Å². The second kappa shape index (κ2) is 5.84. The Morgan fingerprint density at radius 3 is 2.29 bits per heavy atom. The van der Waals surface area contributed by atoms with Crippen molar-refractivity contribution in [1.29, 1.82) is 0 Å². The Bertz CT molecular complexity index is 484. The second-order valence-corrected chi connectivity index (χ2v) is 7.01. The molecule has 2 heterocycles. The maximum absolute atomic E-state index is 4.49. The van der Waals surface area contributed by atoms with E-state index < -0.39 is 0 Å². The fourth-order valence-corrected chi connectivity index (χ4v) is 3.95. The SMILES string of the molecule is C=C1N(Cc2ccccc2)CCC12CCN(C(C)C)CC2. The fourth-order valence-electron chi connectivity index (χ4n) is 3.95. The van der Waals surface area contributed by atoms with Gasteiger partial charge in [-0.15, -0.1) is 0 Å². The molecule has 0 aliphatic carbocycles. The number of hydrogen-bond acceptors (Lipinski definition) is 2. The van der Waals surface area contributed by atoms with Gasteiger partial charge in [0.1, 0.15) is 0 Å². The van der Waals surface area contributed by atoms with Crippen LogP contribution in [0, 0.1) is 5.41 Å². The normalized spacial score (nSPS) is 22.4. The van der Waals surface area contributed by atoms with E-state index in [4.69, 9.17) is 0 Å². The van der Waals surface area contributed by atoms with Crippen molar-refractivity contribution in [3.05, 3.63) is 48.2 Å². The molecule has 2 aliphatic rings. The largest absolute Gasteiger partial charge is 0.370 e. The van der Waals surface area contributed by atoms with Crippen molar-refractivity contribution >= 4 is 0 Å². The van der Waals surface area contributed by atoms with Gasteiger partial charge >= 0.3 is 0 Å². The average Bonchev–Trinajstić information content (AvgIpc) is 2.79. The van der Waals surface area contributed by atoms with Crippen LogP contribution >= 0.6 is 0 Å². The maximum atomic E-state index is 4.49. The summed E-state index contributed by atoms with van der Waals surface area (Å²) in [7, 11) is 0. The lowest BCUT2D eigenvalue weighted by Gasteiger charge is -2.42. The third-order valence-corrected chi connectivity index (χ3v) is 5.56. The molecule has 0 bridgehead atoms. The monoisotopic (exact) mass is 284 g/mol. The molecule has 0 amide bonds. The van der Waals surface area contributed by atoms with Gasteiger partial charge in [0.2, 0.25) is 0 Å². The van der Waals surface area contributed by atoms with E-state index in [2.05, 4.69) is 60.6 Å². The van der Waals surface area contributed by atoms with Gasteiger partial charge in [0.05, 0.1) is 0 Å². The van der Waals surface area contributed by atoms with Crippen LogP contribution in [0.5, 0.6) is 0 Å². The van der Waals surface area contributed by atoms with E-state index in [0.29, 0.717) is 11.5 Å². The number of hydrogen-bond donors (Lipinski definition) is 0. The Kier molecular flexibility index (Phi) is 4.08. The number of likely N-dealkylation sites (tertiary alicyclic amines) is 2. The molecule has 2 aliphatic heterocycles. The first-order valence-corrected chi connectivity index (χ1v) is 8.33. The van der Waals surface area contributed by atoms with Gasteiger partial charge < -0.3 is 9.80 Å². The number of allylic oxidation sites excluding steroid dienone is 1. The molecule has 114 valence electrons. The topological polar surface area (TPSA) is 6.48 Å². The van der Waals surface area contributed by atoms with Crippen LogP contribution in [-0.2, 0) is 6.54 Å². The zero-order valence-corrected chi connectivity index (χ0v) is 13.5. The summed E-state index contributed by atoms with van der Waals surface area (Å²) in [6.07, 6.45) is 3.87. The van der Waals surface area contributed by atoms with Crippen LogP contribution in [0.25, 0.3) is 0 Å². The van der Waals surface area contributed by atoms with Crippen LogP contribution in [-0.4, -0.2) is 35.5 Å². The Hall–Kier alpha value is -1.28. The lowest BCUT2D eigenvalue weighted by atomic mass is 9.75. The molecule has 0 aromatic heterocycles. The van der Waals surface area contributed by atoms with Gasteiger partial charge in [0.15, 0.2) is 0 Å². The molecule has 0 radical (unpaired) electrons. The van der Waals surface area contributed by atoms with E-state index in [-0.39, 0.29) is 0 Å². The molecule has 0 unspecified atom stereocenters. The zero-order chi connectivity index (χ0) is 14.9. The molecule has 3 rings (SSSR count). The van der Waals surface area contributed by atoms with E-state index in [1.807, 2.05) is 0 Å². The molecule has 0 atom stereocenters. The summed E-state index contributed by atoms with van der Waals surface area (Å²) >= 11 is 0. The van der Waals surface area contributed by atoms with Crippen molar-refractivity contribution in [2.24, 2.45) is 5.41 Å². The van der Waals surface area contributed by atoms with Gasteiger partial charge in [-0.1, -0.05) is 36.9 Å². The van der Waals surface area contributed by atoms with Gasteiger partial charge in [-0.2, -0.15) is 0 Å². The van der Waals surface area contributed by atoms with E-state index in [1.165, 1.54) is 50.2 Å². The molecule has 1 aromatic rings. The molecular formula is C19H28N2. The molecule has 2 nitrogen and oxygen atoms in total. The number of benzene rings is 1. The standard InChI is InChI=1S/C19H28N2/c1-16(2)20-12-9-19(10-13-20)11-14-21(17(19)3)15-18-7-5-4-6-8-18/h4-8,16H,3,9-15H2,1-2H3. The number of nitrogens with zero attached hydrogens (tertiary/aromatic N) is 2. The molecule has 2 heteroatoms. The van der Waals surface area contributed by atoms with Gasteiger partial charge in [0, 0.05) is 30.2 Å². The van der Waals surface area contributed by atoms with Crippen molar-refractivity contribution in [3.63, 3.8) is 0 Å². The Labute approximate surface area is 129 Å². The number of piperidine rings is 1. The third-order valence-electron chi connectivity index (χ3n) is 5.56. The van der Waals surface area contributed by atoms with Crippen LogP contribution < -0.4 is 0 Å². The van der Waals surface area contributed by atoms with E-state index in [0.717, 1.165) is 6.54 Å². The highest BCUT2D eigenvalue weighted by atomic mass is 15.2. The quantitative estimate of drug-likeness (QED) is 0.830. The third kappa shape index (κ3) is 2.87. The summed E-state index contributed by atoms with van der Waals surface area (Å²) < 4.78 is 0. The lowest BCUT2D eigenvalue weighted by molar-refractivity contribution is 0.107. The minimum Gasteiger partial charge on any atom is -0.370 e. The van der Waals surface area contributed by atoms with E-state index in [9.17, 15) is 0 Å². The first-order valence-electron chi connectivity index (χ1n) is 8.33. The molecule has 21 heavy (non-hydrogen) atoms. The van der Waals surface area contributed by atoms with Gasteiger partial charge in [0.25, 0.3) is 0 Å². The molecule has 2 fully saturated rings. The highest BCUT2D eigenvalue weighted by Gasteiger charge is 2.43.